The van der Waals surface area contributed by atoms with Gasteiger partial charge in [-0.25, -0.2) is 0 Å². The van der Waals surface area contributed by atoms with E-state index in [2.05, 4.69) is 26.5 Å². The average molecular weight is 313 g/mol. The number of hydrogen-bond donors (Lipinski definition) is 1. The van der Waals surface area contributed by atoms with Crippen LogP contribution >= 0.6 is 11.6 Å². The highest BCUT2D eigenvalue weighted by atomic mass is 35.5. The molecule has 1 aromatic carbocycles. The maximum Gasteiger partial charge on any atom is 0.120 e. The van der Waals surface area contributed by atoms with Crippen molar-refractivity contribution in [3.05, 3.63) is 41.1 Å². The van der Waals surface area contributed by atoms with Gasteiger partial charge in [0.2, 0.25) is 0 Å². The van der Waals surface area contributed by atoms with E-state index in [1.807, 2.05) is 18.2 Å². The highest BCUT2D eigenvalue weighted by Gasteiger charge is 2.23. The van der Waals surface area contributed by atoms with Gasteiger partial charge in [-0.15, -0.1) is 0 Å². The predicted molar refractivity (Wildman–Crippen MR) is 89.3 cm³/mol. The van der Waals surface area contributed by atoms with E-state index in [1.54, 1.807) is 12.1 Å². The van der Waals surface area contributed by atoms with Crippen molar-refractivity contribution in [1.82, 2.24) is 0 Å². The average Bonchev–Trinajstić information content (AvgIpc) is 2.47. The Morgan fingerprint density at radius 1 is 1.25 bits per heavy atom. The van der Waals surface area contributed by atoms with E-state index in [0.717, 1.165) is 0 Å². The molecule has 1 aromatic rings. The van der Waals surface area contributed by atoms with Crippen molar-refractivity contribution in [2.24, 2.45) is 0 Å². The summed E-state index contributed by atoms with van der Waals surface area (Å²) in [4.78, 5) is 0. The second-order valence-electron chi connectivity index (χ2n) is 5.12. The molecule has 0 amide bonds. The zero-order chi connectivity index (χ0) is 15.0. The molecular weight excluding hydrogens is 288 g/mol. The number of aliphatic hydroxyl groups is 1. The van der Waals surface area contributed by atoms with Gasteiger partial charge < -0.3 is 9.84 Å². The van der Waals surface area contributed by atoms with Crippen LogP contribution in [0.3, 0.4) is 0 Å². The van der Waals surface area contributed by atoms with Gasteiger partial charge in [0.15, 0.2) is 0 Å². The molecule has 0 aliphatic carbocycles. The van der Waals surface area contributed by atoms with E-state index < -0.39 is 14.2 Å². The van der Waals surface area contributed by atoms with Gasteiger partial charge in [-0.1, -0.05) is 68.3 Å². The van der Waals surface area contributed by atoms with Crippen LogP contribution < -0.4 is 4.74 Å². The molecule has 20 heavy (non-hydrogen) atoms. The Morgan fingerprint density at radius 3 is 2.45 bits per heavy atom. The van der Waals surface area contributed by atoms with Gasteiger partial charge in [-0.05, 0) is 18.2 Å². The highest BCUT2D eigenvalue weighted by Crippen LogP contribution is 2.22. The summed E-state index contributed by atoms with van der Waals surface area (Å²) < 4.78 is 5.54. The third-order valence-electron chi connectivity index (χ3n) is 4.00. The van der Waals surface area contributed by atoms with Crippen LogP contribution in [0.2, 0.25) is 23.2 Å². The molecule has 0 unspecified atom stereocenters. The SMILES string of the molecule is CC[Si](/C=C/[C@H](O)COc1cccc(Cl)c1)(CC)CC. The van der Waals surface area contributed by atoms with Gasteiger partial charge in [0.1, 0.15) is 18.5 Å². The molecule has 2 nitrogen and oxygen atoms in total. The Balaban J connectivity index is 2.53. The summed E-state index contributed by atoms with van der Waals surface area (Å²) in [6, 6.07) is 10.9. The van der Waals surface area contributed by atoms with Crippen LogP contribution in [0.4, 0.5) is 0 Å². The second-order valence-corrected chi connectivity index (χ2v) is 10.7. The van der Waals surface area contributed by atoms with Gasteiger partial charge in [-0.3, -0.25) is 0 Å². The van der Waals surface area contributed by atoms with Crippen molar-refractivity contribution in [3.8, 4) is 5.75 Å². The maximum absolute atomic E-state index is 10.0. The van der Waals surface area contributed by atoms with Gasteiger partial charge in [-0.2, -0.15) is 0 Å². The first-order valence-corrected chi connectivity index (χ1v) is 10.4. The molecule has 1 rings (SSSR count). The van der Waals surface area contributed by atoms with Crippen LogP contribution in [-0.4, -0.2) is 25.9 Å². The van der Waals surface area contributed by atoms with Crippen molar-refractivity contribution < 1.29 is 9.84 Å². The van der Waals surface area contributed by atoms with E-state index >= 15 is 0 Å². The fraction of sp³-hybridized carbons (Fsp3) is 0.500. The molecule has 0 aliphatic rings. The minimum atomic E-state index is -1.31. The Bertz CT molecular complexity index is 422. The number of aliphatic hydroxyl groups excluding tert-OH is 1. The van der Waals surface area contributed by atoms with Crippen molar-refractivity contribution in [3.63, 3.8) is 0 Å². The molecule has 0 saturated carbocycles. The predicted octanol–water partition coefficient (Wildman–Crippen LogP) is 4.68. The zero-order valence-electron chi connectivity index (χ0n) is 12.6. The maximum atomic E-state index is 10.0. The number of rotatable bonds is 8. The summed E-state index contributed by atoms with van der Waals surface area (Å²) in [6.45, 7) is 7.01. The fourth-order valence-electron chi connectivity index (χ4n) is 2.21. The lowest BCUT2D eigenvalue weighted by Crippen LogP contribution is -2.29. The first-order chi connectivity index (χ1) is 9.55. The highest BCUT2D eigenvalue weighted by molar-refractivity contribution is 6.84. The van der Waals surface area contributed by atoms with E-state index in [9.17, 15) is 5.11 Å². The molecule has 0 heterocycles. The van der Waals surface area contributed by atoms with Crippen molar-refractivity contribution >= 4 is 19.7 Å². The van der Waals surface area contributed by atoms with Crippen LogP contribution in [0, 0.1) is 0 Å². The third-order valence-corrected chi connectivity index (χ3v) is 9.36. The smallest absolute Gasteiger partial charge is 0.120 e. The number of hydrogen-bond acceptors (Lipinski definition) is 2. The first-order valence-electron chi connectivity index (χ1n) is 7.31. The number of benzene rings is 1. The van der Waals surface area contributed by atoms with Gasteiger partial charge >= 0.3 is 0 Å². The first kappa shape index (κ1) is 17.3. The van der Waals surface area contributed by atoms with Crippen molar-refractivity contribution in [2.75, 3.05) is 6.61 Å². The van der Waals surface area contributed by atoms with Crippen LogP contribution in [0.25, 0.3) is 0 Å². The summed E-state index contributed by atoms with van der Waals surface area (Å²) >= 11 is 5.89. The molecule has 0 bridgehead atoms. The summed E-state index contributed by atoms with van der Waals surface area (Å²) in [5, 5.41) is 10.6. The quantitative estimate of drug-likeness (QED) is 0.706. The zero-order valence-corrected chi connectivity index (χ0v) is 14.4. The Hall–Kier alpha value is -0.773. The van der Waals surface area contributed by atoms with Crippen LogP contribution in [0.15, 0.2) is 36.0 Å². The lowest BCUT2D eigenvalue weighted by atomic mass is 10.3. The van der Waals surface area contributed by atoms with E-state index in [-0.39, 0.29) is 6.61 Å². The lowest BCUT2D eigenvalue weighted by Gasteiger charge is -2.24. The number of halogens is 1. The summed E-state index contributed by atoms with van der Waals surface area (Å²) in [5.41, 5.74) is 2.28. The van der Waals surface area contributed by atoms with Gasteiger partial charge in [0, 0.05) is 5.02 Å². The molecule has 1 atom stereocenters. The Kier molecular flexibility index (Phi) is 7.34. The molecular formula is C16H25ClO2Si. The largest absolute Gasteiger partial charge is 0.491 e. The molecule has 4 heteroatoms. The molecule has 0 aromatic heterocycles. The fourth-order valence-corrected chi connectivity index (χ4v) is 5.23. The van der Waals surface area contributed by atoms with Crippen LogP contribution in [0.5, 0.6) is 5.75 Å². The van der Waals surface area contributed by atoms with Gasteiger partial charge in [0.25, 0.3) is 0 Å². The number of ether oxygens (including phenoxy) is 1. The Morgan fingerprint density at radius 2 is 1.90 bits per heavy atom. The third kappa shape index (κ3) is 5.31. The van der Waals surface area contributed by atoms with Gasteiger partial charge in [0.05, 0.1) is 8.07 Å². The van der Waals surface area contributed by atoms with Crippen LogP contribution in [0.1, 0.15) is 20.8 Å². The van der Waals surface area contributed by atoms with E-state index in [1.165, 1.54) is 18.1 Å². The summed E-state index contributed by atoms with van der Waals surface area (Å²) in [7, 11) is -1.31. The normalized spacial score (nSPS) is 13.7. The van der Waals surface area contributed by atoms with Crippen molar-refractivity contribution in [1.29, 1.82) is 0 Å². The summed E-state index contributed by atoms with van der Waals surface area (Å²) in [5.74, 6) is 0.690. The van der Waals surface area contributed by atoms with E-state index in [4.69, 9.17) is 16.3 Å². The second kappa shape index (κ2) is 8.50. The molecule has 0 radical (unpaired) electrons. The molecule has 1 N–H and O–H groups in total. The molecule has 0 fully saturated rings. The van der Waals surface area contributed by atoms with E-state index in [0.29, 0.717) is 10.8 Å². The summed E-state index contributed by atoms with van der Waals surface area (Å²) in [6.07, 6.45) is 1.35. The lowest BCUT2D eigenvalue weighted by molar-refractivity contribution is 0.144. The molecule has 0 saturated heterocycles. The minimum absolute atomic E-state index is 0.262. The monoisotopic (exact) mass is 312 g/mol. The standard InChI is InChI=1S/C16H25ClO2Si/c1-4-20(5-2,6-3)11-10-15(18)13-19-16-9-7-8-14(17)12-16/h7-12,15,18H,4-6,13H2,1-3H3/b11-10+/t15-/m0/s1. The topological polar surface area (TPSA) is 29.5 Å². The Labute approximate surface area is 128 Å². The molecule has 112 valence electrons. The minimum Gasteiger partial charge on any atom is -0.491 e. The van der Waals surface area contributed by atoms with Crippen molar-refractivity contribution in [2.45, 2.75) is 45.0 Å². The molecule has 0 aliphatic heterocycles. The molecule has 0 spiro atoms. The van der Waals surface area contributed by atoms with Crippen LogP contribution in [-0.2, 0) is 0 Å².